The topological polar surface area (TPSA) is 72.2 Å². The van der Waals surface area contributed by atoms with Crippen molar-refractivity contribution in [3.8, 4) is 0 Å². The Morgan fingerprint density at radius 2 is 1.88 bits per heavy atom. The number of rotatable bonds is 2. The number of nitrogens with one attached hydrogen (secondary N) is 1. The summed E-state index contributed by atoms with van der Waals surface area (Å²) in [5.41, 5.74) is 1.13. The van der Waals surface area contributed by atoms with Crippen LogP contribution in [0.1, 0.15) is 30.9 Å². The molecule has 88 valence electrons. The van der Waals surface area contributed by atoms with Crippen LogP contribution in [0.5, 0.6) is 0 Å². The third-order valence-corrected chi connectivity index (χ3v) is 3.85. The molecule has 1 aromatic rings. The molecular weight excluding hydrogens is 224 g/mol. The Hall–Kier alpha value is -0.910. The second-order valence-corrected chi connectivity index (χ2v) is 5.68. The maximum atomic E-state index is 11.1. The Balaban J connectivity index is 2.18. The molecule has 1 atom stereocenters. The molecule has 3 N–H and O–H groups in total. The van der Waals surface area contributed by atoms with Crippen molar-refractivity contribution >= 4 is 10.0 Å². The lowest BCUT2D eigenvalue weighted by atomic mass is 9.98. The Labute approximate surface area is 95.9 Å². The highest BCUT2D eigenvalue weighted by Crippen LogP contribution is 2.23. The van der Waals surface area contributed by atoms with Crippen molar-refractivity contribution in [1.82, 2.24) is 5.32 Å². The van der Waals surface area contributed by atoms with Crippen LogP contribution in [0.25, 0.3) is 0 Å². The molecule has 0 aliphatic carbocycles. The Kier molecular flexibility index (Phi) is 3.28. The molecule has 0 radical (unpaired) electrons. The van der Waals surface area contributed by atoms with Crippen LogP contribution in [0, 0.1) is 0 Å². The van der Waals surface area contributed by atoms with E-state index in [9.17, 15) is 8.42 Å². The van der Waals surface area contributed by atoms with Gasteiger partial charge in [0.05, 0.1) is 4.90 Å². The molecule has 4 nitrogen and oxygen atoms in total. The van der Waals surface area contributed by atoms with E-state index in [1.54, 1.807) is 12.1 Å². The van der Waals surface area contributed by atoms with E-state index < -0.39 is 10.0 Å². The van der Waals surface area contributed by atoms with Gasteiger partial charge in [0.15, 0.2) is 0 Å². The Morgan fingerprint density at radius 3 is 2.38 bits per heavy atom. The van der Waals surface area contributed by atoms with Gasteiger partial charge in [0.1, 0.15) is 0 Å². The van der Waals surface area contributed by atoms with Crippen LogP contribution in [0.4, 0.5) is 0 Å². The van der Waals surface area contributed by atoms with E-state index in [0.29, 0.717) is 6.04 Å². The average molecular weight is 240 g/mol. The molecule has 1 unspecified atom stereocenters. The summed E-state index contributed by atoms with van der Waals surface area (Å²) in [6.07, 6.45) is 3.54. The zero-order valence-corrected chi connectivity index (χ0v) is 9.83. The SMILES string of the molecule is NS(=O)(=O)c1ccc(C2CCCCN2)cc1. The van der Waals surface area contributed by atoms with Gasteiger partial charge in [-0.3, -0.25) is 0 Å². The van der Waals surface area contributed by atoms with Gasteiger partial charge in [-0.25, -0.2) is 13.6 Å². The molecule has 0 bridgehead atoms. The monoisotopic (exact) mass is 240 g/mol. The van der Waals surface area contributed by atoms with Crippen LogP contribution in [0.15, 0.2) is 29.2 Å². The highest BCUT2D eigenvalue weighted by Gasteiger charge is 2.15. The molecule has 0 spiro atoms. The molecular formula is C11H16N2O2S. The molecule has 5 heteroatoms. The van der Waals surface area contributed by atoms with Crippen molar-refractivity contribution in [2.45, 2.75) is 30.2 Å². The zero-order chi connectivity index (χ0) is 11.6. The van der Waals surface area contributed by atoms with Crippen molar-refractivity contribution in [2.75, 3.05) is 6.54 Å². The molecule has 0 aromatic heterocycles. The van der Waals surface area contributed by atoms with E-state index in [1.807, 2.05) is 12.1 Å². The number of sulfonamides is 1. The smallest absolute Gasteiger partial charge is 0.238 e. The molecule has 0 amide bonds. The minimum atomic E-state index is -3.57. The van der Waals surface area contributed by atoms with Crippen molar-refractivity contribution in [1.29, 1.82) is 0 Å². The summed E-state index contributed by atoms with van der Waals surface area (Å²) in [7, 11) is -3.57. The Morgan fingerprint density at radius 1 is 1.19 bits per heavy atom. The highest BCUT2D eigenvalue weighted by molar-refractivity contribution is 7.89. The summed E-state index contributed by atoms with van der Waals surface area (Å²) in [4.78, 5) is 0.173. The maximum absolute atomic E-state index is 11.1. The Bertz CT molecular complexity index is 447. The first-order valence-corrected chi connectivity index (χ1v) is 6.98. The first kappa shape index (κ1) is 11.6. The summed E-state index contributed by atoms with van der Waals surface area (Å²) in [6.45, 7) is 1.03. The second-order valence-electron chi connectivity index (χ2n) is 4.12. The highest BCUT2D eigenvalue weighted by atomic mass is 32.2. The van der Waals surface area contributed by atoms with Gasteiger partial charge in [0, 0.05) is 6.04 Å². The van der Waals surface area contributed by atoms with Crippen molar-refractivity contribution in [2.24, 2.45) is 5.14 Å². The standard InChI is InChI=1S/C11H16N2O2S/c12-16(14,15)10-6-4-9(5-7-10)11-3-1-2-8-13-11/h4-7,11,13H,1-3,8H2,(H2,12,14,15). The molecule has 16 heavy (non-hydrogen) atoms. The molecule has 1 fully saturated rings. The third kappa shape index (κ3) is 2.61. The first-order valence-electron chi connectivity index (χ1n) is 5.43. The number of hydrogen-bond acceptors (Lipinski definition) is 3. The van der Waals surface area contributed by atoms with Gasteiger partial charge >= 0.3 is 0 Å². The fourth-order valence-electron chi connectivity index (χ4n) is 2.03. The van der Waals surface area contributed by atoms with Crippen molar-refractivity contribution in [3.63, 3.8) is 0 Å². The summed E-state index contributed by atoms with van der Waals surface area (Å²) >= 11 is 0. The molecule has 1 aliphatic rings. The van der Waals surface area contributed by atoms with Gasteiger partial charge in [-0.2, -0.15) is 0 Å². The van der Waals surface area contributed by atoms with Crippen LogP contribution in [-0.4, -0.2) is 15.0 Å². The van der Waals surface area contributed by atoms with Gasteiger partial charge in [-0.1, -0.05) is 18.6 Å². The van der Waals surface area contributed by atoms with Gasteiger partial charge in [-0.05, 0) is 37.1 Å². The summed E-state index contributed by atoms with van der Waals surface area (Å²) in [5, 5.41) is 8.45. The second kappa shape index (κ2) is 4.53. The first-order chi connectivity index (χ1) is 7.57. The normalized spacial score (nSPS) is 21.9. The minimum absolute atomic E-state index is 0.173. The largest absolute Gasteiger partial charge is 0.310 e. The van der Waals surface area contributed by atoms with Crippen LogP contribution in [0.2, 0.25) is 0 Å². The minimum Gasteiger partial charge on any atom is -0.310 e. The van der Waals surface area contributed by atoms with Gasteiger partial charge in [0.2, 0.25) is 10.0 Å². The predicted octanol–water partition coefficient (Wildman–Crippen LogP) is 1.15. The van der Waals surface area contributed by atoms with E-state index >= 15 is 0 Å². The lowest BCUT2D eigenvalue weighted by Gasteiger charge is -2.23. The molecule has 2 rings (SSSR count). The molecule has 1 aromatic carbocycles. The number of primary sulfonamides is 1. The average Bonchev–Trinajstić information content (AvgIpc) is 2.29. The van der Waals surface area contributed by atoms with E-state index in [0.717, 1.165) is 18.5 Å². The summed E-state index contributed by atoms with van der Waals surface area (Å²) in [6, 6.07) is 7.16. The zero-order valence-electron chi connectivity index (χ0n) is 9.02. The van der Waals surface area contributed by atoms with Crippen LogP contribution in [0.3, 0.4) is 0 Å². The van der Waals surface area contributed by atoms with E-state index in [-0.39, 0.29) is 4.90 Å². The number of hydrogen-bond donors (Lipinski definition) is 2. The van der Waals surface area contributed by atoms with E-state index in [1.165, 1.54) is 12.8 Å². The van der Waals surface area contributed by atoms with Crippen LogP contribution >= 0.6 is 0 Å². The van der Waals surface area contributed by atoms with Crippen LogP contribution < -0.4 is 10.5 Å². The molecule has 1 aliphatic heterocycles. The molecule has 1 heterocycles. The quantitative estimate of drug-likeness (QED) is 0.814. The lowest BCUT2D eigenvalue weighted by molar-refractivity contribution is 0.412. The third-order valence-electron chi connectivity index (χ3n) is 2.92. The lowest BCUT2D eigenvalue weighted by Crippen LogP contribution is -2.26. The fraction of sp³-hybridized carbons (Fsp3) is 0.455. The van der Waals surface area contributed by atoms with Crippen LogP contribution in [-0.2, 0) is 10.0 Å². The van der Waals surface area contributed by atoms with Crippen molar-refractivity contribution in [3.05, 3.63) is 29.8 Å². The van der Waals surface area contributed by atoms with Crippen molar-refractivity contribution < 1.29 is 8.42 Å². The van der Waals surface area contributed by atoms with Gasteiger partial charge < -0.3 is 5.32 Å². The van der Waals surface area contributed by atoms with E-state index in [4.69, 9.17) is 5.14 Å². The predicted molar refractivity (Wildman–Crippen MR) is 62.4 cm³/mol. The maximum Gasteiger partial charge on any atom is 0.238 e. The van der Waals surface area contributed by atoms with E-state index in [2.05, 4.69) is 5.32 Å². The van der Waals surface area contributed by atoms with Gasteiger partial charge in [-0.15, -0.1) is 0 Å². The number of nitrogens with two attached hydrogens (primary N) is 1. The number of benzene rings is 1. The fourth-order valence-corrected chi connectivity index (χ4v) is 2.54. The molecule has 1 saturated heterocycles. The molecule has 0 saturated carbocycles. The number of piperidine rings is 1. The summed E-state index contributed by atoms with van der Waals surface area (Å²) < 4.78 is 22.2. The van der Waals surface area contributed by atoms with Gasteiger partial charge in [0.25, 0.3) is 0 Å². The summed E-state index contributed by atoms with van der Waals surface area (Å²) in [5.74, 6) is 0.